The summed E-state index contributed by atoms with van der Waals surface area (Å²) in [6, 6.07) is 11.2. The molecular weight excluding hydrogens is 291 g/mol. The minimum atomic E-state index is -0.554. The van der Waals surface area contributed by atoms with Crippen LogP contribution in [0.15, 0.2) is 42.6 Å². The van der Waals surface area contributed by atoms with Crippen LogP contribution in [0.25, 0.3) is 0 Å². The highest BCUT2D eigenvalue weighted by Gasteiger charge is 2.29. The van der Waals surface area contributed by atoms with Crippen molar-refractivity contribution in [1.29, 1.82) is 0 Å². The van der Waals surface area contributed by atoms with Gasteiger partial charge < -0.3 is 4.90 Å². The van der Waals surface area contributed by atoms with E-state index in [4.69, 9.17) is 11.6 Å². The summed E-state index contributed by atoms with van der Waals surface area (Å²) < 4.78 is 13.2. The van der Waals surface area contributed by atoms with Gasteiger partial charge in [0.15, 0.2) is 0 Å². The molecule has 1 fully saturated rings. The Hall–Kier alpha value is -1.94. The van der Waals surface area contributed by atoms with Crippen LogP contribution in [-0.2, 0) is 0 Å². The molecule has 0 bridgehead atoms. The fourth-order valence-electron chi connectivity index (χ4n) is 2.68. The predicted octanol–water partition coefficient (Wildman–Crippen LogP) is 3.50. The number of aromatic nitrogens is 1. The third kappa shape index (κ3) is 2.90. The summed E-state index contributed by atoms with van der Waals surface area (Å²) in [7, 11) is 0. The van der Waals surface area contributed by atoms with Crippen LogP contribution in [-0.4, -0.2) is 28.9 Å². The van der Waals surface area contributed by atoms with Crippen molar-refractivity contribution in [3.63, 3.8) is 0 Å². The number of hydrogen-bond acceptors (Lipinski definition) is 2. The minimum absolute atomic E-state index is 0.0459. The van der Waals surface area contributed by atoms with Gasteiger partial charge in [-0.15, -0.1) is 0 Å². The number of pyridine rings is 1. The maximum absolute atomic E-state index is 13.2. The van der Waals surface area contributed by atoms with Crippen LogP contribution in [0.3, 0.4) is 0 Å². The Morgan fingerprint density at radius 1 is 1.33 bits per heavy atom. The molecule has 1 aliphatic heterocycles. The van der Waals surface area contributed by atoms with Crippen molar-refractivity contribution in [3.8, 4) is 0 Å². The standard InChI is InChI=1S/C16H14ClFN2O/c17-15-14(8-13(18)9-19-15)16(21)20-7-6-12(10-20)11-4-2-1-3-5-11/h1-5,8-9,12H,6-7,10H2. The smallest absolute Gasteiger partial charge is 0.257 e. The van der Waals surface area contributed by atoms with E-state index in [1.807, 2.05) is 18.2 Å². The first-order valence-corrected chi connectivity index (χ1v) is 7.18. The van der Waals surface area contributed by atoms with Crippen LogP contribution in [0.1, 0.15) is 28.3 Å². The zero-order valence-corrected chi connectivity index (χ0v) is 12.1. The van der Waals surface area contributed by atoms with Crippen LogP contribution in [0.4, 0.5) is 4.39 Å². The van der Waals surface area contributed by atoms with Crippen molar-refractivity contribution >= 4 is 17.5 Å². The van der Waals surface area contributed by atoms with Gasteiger partial charge in [-0.1, -0.05) is 41.9 Å². The van der Waals surface area contributed by atoms with E-state index in [1.54, 1.807) is 4.90 Å². The average molecular weight is 305 g/mol. The molecule has 1 aromatic carbocycles. The van der Waals surface area contributed by atoms with Crippen LogP contribution >= 0.6 is 11.6 Å². The van der Waals surface area contributed by atoms with Crippen molar-refractivity contribution in [3.05, 3.63) is 64.7 Å². The molecule has 3 nitrogen and oxygen atoms in total. The molecule has 1 atom stereocenters. The SMILES string of the molecule is O=C(c1cc(F)cnc1Cl)N1CCC(c2ccccc2)C1. The second kappa shape index (κ2) is 5.82. The van der Waals surface area contributed by atoms with E-state index < -0.39 is 5.82 Å². The van der Waals surface area contributed by atoms with Crippen LogP contribution in [0.5, 0.6) is 0 Å². The lowest BCUT2D eigenvalue weighted by Gasteiger charge is -2.17. The Bertz CT molecular complexity index is 663. The molecule has 0 spiro atoms. The zero-order chi connectivity index (χ0) is 14.8. The highest BCUT2D eigenvalue weighted by Crippen LogP contribution is 2.28. The van der Waals surface area contributed by atoms with Gasteiger partial charge in [-0.05, 0) is 18.1 Å². The summed E-state index contributed by atoms with van der Waals surface area (Å²) in [6.07, 6.45) is 1.91. The molecule has 3 rings (SSSR count). The van der Waals surface area contributed by atoms with Gasteiger partial charge >= 0.3 is 0 Å². The third-order valence-corrected chi connectivity index (χ3v) is 4.08. The van der Waals surface area contributed by atoms with Crippen molar-refractivity contribution in [1.82, 2.24) is 9.88 Å². The topological polar surface area (TPSA) is 33.2 Å². The molecule has 5 heteroatoms. The van der Waals surface area contributed by atoms with Gasteiger partial charge in [-0.25, -0.2) is 9.37 Å². The number of carbonyl (C=O) groups excluding carboxylic acids is 1. The minimum Gasteiger partial charge on any atom is -0.338 e. The molecular formula is C16H14ClFN2O. The van der Waals surface area contributed by atoms with Crippen molar-refractivity contribution in [2.45, 2.75) is 12.3 Å². The van der Waals surface area contributed by atoms with E-state index in [-0.39, 0.29) is 16.6 Å². The normalized spacial score (nSPS) is 18.0. The summed E-state index contributed by atoms with van der Waals surface area (Å²) in [5.41, 5.74) is 1.35. The van der Waals surface area contributed by atoms with E-state index in [1.165, 1.54) is 5.56 Å². The van der Waals surface area contributed by atoms with Crippen molar-refractivity contribution < 1.29 is 9.18 Å². The van der Waals surface area contributed by atoms with Crippen molar-refractivity contribution in [2.75, 3.05) is 13.1 Å². The Kier molecular flexibility index (Phi) is 3.88. The average Bonchev–Trinajstić information content (AvgIpc) is 3.00. The number of carbonyl (C=O) groups is 1. The predicted molar refractivity (Wildman–Crippen MR) is 78.9 cm³/mol. The van der Waals surface area contributed by atoms with E-state index in [0.717, 1.165) is 18.7 Å². The number of amides is 1. The number of hydrogen-bond donors (Lipinski definition) is 0. The van der Waals surface area contributed by atoms with Gasteiger partial charge in [0.2, 0.25) is 0 Å². The first-order valence-electron chi connectivity index (χ1n) is 6.80. The van der Waals surface area contributed by atoms with E-state index in [9.17, 15) is 9.18 Å². The molecule has 0 N–H and O–H groups in total. The number of rotatable bonds is 2. The summed E-state index contributed by atoms with van der Waals surface area (Å²) in [6.45, 7) is 1.26. The highest BCUT2D eigenvalue weighted by atomic mass is 35.5. The van der Waals surface area contributed by atoms with Gasteiger partial charge in [-0.2, -0.15) is 0 Å². The molecule has 1 amide bonds. The summed E-state index contributed by atoms with van der Waals surface area (Å²) in [4.78, 5) is 17.8. The van der Waals surface area contributed by atoms with Crippen LogP contribution < -0.4 is 0 Å². The number of likely N-dealkylation sites (tertiary alicyclic amines) is 1. The first kappa shape index (κ1) is 14.0. The molecule has 1 aliphatic rings. The van der Waals surface area contributed by atoms with Gasteiger partial charge in [0, 0.05) is 19.0 Å². The second-order valence-corrected chi connectivity index (χ2v) is 5.50. The Morgan fingerprint density at radius 3 is 2.86 bits per heavy atom. The maximum atomic E-state index is 13.2. The number of halogens is 2. The molecule has 2 heterocycles. The first-order chi connectivity index (χ1) is 10.1. The number of benzene rings is 1. The van der Waals surface area contributed by atoms with Gasteiger partial charge in [0.05, 0.1) is 11.8 Å². The quantitative estimate of drug-likeness (QED) is 0.796. The van der Waals surface area contributed by atoms with Gasteiger partial charge in [-0.3, -0.25) is 4.79 Å². The molecule has 1 saturated heterocycles. The zero-order valence-electron chi connectivity index (χ0n) is 11.3. The van der Waals surface area contributed by atoms with E-state index in [2.05, 4.69) is 17.1 Å². The maximum Gasteiger partial charge on any atom is 0.257 e. The van der Waals surface area contributed by atoms with E-state index >= 15 is 0 Å². The monoisotopic (exact) mass is 304 g/mol. The molecule has 1 unspecified atom stereocenters. The molecule has 1 aromatic heterocycles. The Labute approximate surface area is 127 Å². The van der Waals surface area contributed by atoms with E-state index in [0.29, 0.717) is 19.0 Å². The Balaban J connectivity index is 1.77. The lowest BCUT2D eigenvalue weighted by molar-refractivity contribution is 0.0790. The molecule has 2 aromatic rings. The van der Waals surface area contributed by atoms with Gasteiger partial charge in [0.25, 0.3) is 5.91 Å². The summed E-state index contributed by atoms with van der Waals surface area (Å²) in [5.74, 6) is -0.498. The molecule has 21 heavy (non-hydrogen) atoms. The largest absolute Gasteiger partial charge is 0.338 e. The molecule has 0 radical (unpaired) electrons. The number of nitrogens with zero attached hydrogens (tertiary/aromatic N) is 2. The Morgan fingerprint density at radius 2 is 2.10 bits per heavy atom. The highest BCUT2D eigenvalue weighted by molar-refractivity contribution is 6.32. The van der Waals surface area contributed by atoms with Crippen LogP contribution in [0.2, 0.25) is 5.15 Å². The second-order valence-electron chi connectivity index (χ2n) is 5.14. The molecule has 0 aliphatic carbocycles. The van der Waals surface area contributed by atoms with Crippen molar-refractivity contribution in [2.24, 2.45) is 0 Å². The molecule has 108 valence electrons. The lowest BCUT2D eigenvalue weighted by atomic mass is 9.99. The summed E-state index contributed by atoms with van der Waals surface area (Å²) in [5, 5.41) is 0.0459. The third-order valence-electron chi connectivity index (χ3n) is 3.78. The fourth-order valence-corrected chi connectivity index (χ4v) is 2.87. The lowest BCUT2D eigenvalue weighted by Crippen LogP contribution is -2.29. The molecule has 0 saturated carbocycles. The summed E-state index contributed by atoms with van der Waals surface area (Å²) >= 11 is 5.90. The van der Waals surface area contributed by atoms with Gasteiger partial charge in [0.1, 0.15) is 11.0 Å². The van der Waals surface area contributed by atoms with Crippen LogP contribution in [0, 0.1) is 5.82 Å². The fraction of sp³-hybridized carbons (Fsp3) is 0.250.